The van der Waals surface area contributed by atoms with Crippen LogP contribution in [0, 0.1) is 11.3 Å². The molecule has 0 aromatic heterocycles. The van der Waals surface area contributed by atoms with Crippen LogP contribution in [-0.4, -0.2) is 18.0 Å². The molecule has 0 aliphatic carbocycles. The van der Waals surface area contributed by atoms with Gasteiger partial charge in [0.25, 0.3) is 0 Å². The van der Waals surface area contributed by atoms with Gasteiger partial charge in [-0.3, -0.25) is 4.90 Å². The third-order valence-corrected chi connectivity index (χ3v) is 3.89. The average Bonchev–Trinajstić information content (AvgIpc) is 2.74. The summed E-state index contributed by atoms with van der Waals surface area (Å²) in [6.45, 7) is 4.88. The molecule has 1 aliphatic rings. The fourth-order valence-corrected chi connectivity index (χ4v) is 2.70. The Morgan fingerprint density at radius 1 is 1.24 bits per heavy atom. The summed E-state index contributed by atoms with van der Waals surface area (Å²) in [6, 6.07) is 18.1. The van der Waals surface area contributed by atoms with Crippen LogP contribution in [0.1, 0.15) is 29.7 Å². The van der Waals surface area contributed by atoms with Crippen molar-refractivity contribution in [2.45, 2.75) is 19.6 Å². The highest BCUT2D eigenvalue weighted by molar-refractivity contribution is 5.37. The van der Waals surface area contributed by atoms with Crippen molar-refractivity contribution in [3.05, 3.63) is 65.2 Å². The van der Waals surface area contributed by atoms with Crippen LogP contribution in [0.3, 0.4) is 0 Å². The molecule has 3 rings (SSSR count). The largest absolute Gasteiger partial charge is 0.484 e. The van der Waals surface area contributed by atoms with Crippen molar-refractivity contribution in [2.24, 2.45) is 0 Å². The molecule has 0 spiro atoms. The zero-order valence-electron chi connectivity index (χ0n) is 12.1. The number of rotatable bonds is 2. The molecule has 1 unspecified atom stereocenters. The molecule has 2 aromatic rings. The van der Waals surface area contributed by atoms with Gasteiger partial charge in [0.2, 0.25) is 0 Å². The first-order valence-electron chi connectivity index (χ1n) is 7.27. The quantitative estimate of drug-likeness (QED) is 0.843. The second-order valence-corrected chi connectivity index (χ2v) is 5.28. The van der Waals surface area contributed by atoms with Gasteiger partial charge in [-0.15, -0.1) is 0 Å². The normalized spacial score (nSPS) is 18.2. The van der Waals surface area contributed by atoms with Gasteiger partial charge in [0.05, 0.1) is 11.6 Å². The van der Waals surface area contributed by atoms with Crippen LogP contribution in [0.25, 0.3) is 0 Å². The fourth-order valence-electron chi connectivity index (χ4n) is 2.70. The number of fused-ring (bicyclic) bond motifs is 1. The average molecular weight is 278 g/mol. The summed E-state index contributed by atoms with van der Waals surface area (Å²) in [4.78, 5) is 2.37. The number of likely N-dealkylation sites (N-methyl/N-ethyl adjacent to an activating group) is 1. The van der Waals surface area contributed by atoms with Crippen molar-refractivity contribution < 1.29 is 4.74 Å². The molecular formula is C18H18N2O. The molecule has 0 saturated heterocycles. The van der Waals surface area contributed by atoms with E-state index < -0.39 is 0 Å². The molecule has 2 aromatic carbocycles. The zero-order valence-corrected chi connectivity index (χ0v) is 12.1. The second-order valence-electron chi connectivity index (χ2n) is 5.28. The molecule has 0 amide bonds. The van der Waals surface area contributed by atoms with E-state index in [-0.39, 0.29) is 6.10 Å². The summed E-state index contributed by atoms with van der Waals surface area (Å²) in [6.07, 6.45) is -0.0399. The van der Waals surface area contributed by atoms with Crippen LogP contribution in [0.15, 0.2) is 48.5 Å². The molecule has 0 radical (unpaired) electrons. The number of nitriles is 1. The molecule has 106 valence electrons. The van der Waals surface area contributed by atoms with Crippen molar-refractivity contribution in [1.82, 2.24) is 4.90 Å². The zero-order chi connectivity index (χ0) is 14.7. The third-order valence-electron chi connectivity index (χ3n) is 3.89. The van der Waals surface area contributed by atoms with Gasteiger partial charge in [-0.1, -0.05) is 37.3 Å². The Morgan fingerprint density at radius 2 is 2.10 bits per heavy atom. The van der Waals surface area contributed by atoms with Gasteiger partial charge >= 0.3 is 0 Å². The third kappa shape index (κ3) is 2.91. The minimum absolute atomic E-state index is 0.0399. The van der Waals surface area contributed by atoms with Crippen molar-refractivity contribution >= 4 is 0 Å². The van der Waals surface area contributed by atoms with E-state index in [1.165, 1.54) is 5.56 Å². The number of hydrogen-bond acceptors (Lipinski definition) is 3. The number of ether oxygens (including phenoxy) is 1. The highest BCUT2D eigenvalue weighted by atomic mass is 16.5. The molecular weight excluding hydrogens is 260 g/mol. The van der Waals surface area contributed by atoms with Gasteiger partial charge < -0.3 is 4.74 Å². The second kappa shape index (κ2) is 5.99. The lowest BCUT2D eigenvalue weighted by Crippen LogP contribution is -2.27. The molecule has 0 fully saturated rings. The van der Waals surface area contributed by atoms with E-state index in [9.17, 15) is 0 Å². The Balaban J connectivity index is 1.97. The van der Waals surface area contributed by atoms with Crippen LogP contribution >= 0.6 is 0 Å². The minimum Gasteiger partial charge on any atom is -0.484 e. The number of benzene rings is 2. The monoisotopic (exact) mass is 278 g/mol. The van der Waals surface area contributed by atoms with E-state index in [2.05, 4.69) is 24.0 Å². The molecule has 1 heterocycles. The highest BCUT2D eigenvalue weighted by Gasteiger charge is 2.23. The van der Waals surface area contributed by atoms with Crippen molar-refractivity contribution in [1.29, 1.82) is 5.26 Å². The maximum Gasteiger partial charge on any atom is 0.136 e. The first-order chi connectivity index (χ1) is 10.3. The Labute approximate surface area is 125 Å². The lowest BCUT2D eigenvalue weighted by Gasteiger charge is -2.22. The molecule has 0 N–H and O–H groups in total. The Morgan fingerprint density at radius 3 is 2.90 bits per heavy atom. The van der Waals surface area contributed by atoms with E-state index in [1.807, 2.05) is 42.5 Å². The van der Waals surface area contributed by atoms with Gasteiger partial charge in [0.15, 0.2) is 0 Å². The van der Waals surface area contributed by atoms with E-state index in [1.54, 1.807) is 0 Å². The van der Waals surface area contributed by atoms with Gasteiger partial charge in [0, 0.05) is 18.7 Å². The summed E-state index contributed by atoms with van der Waals surface area (Å²) < 4.78 is 6.22. The first-order valence-corrected chi connectivity index (χ1v) is 7.27. The predicted molar refractivity (Wildman–Crippen MR) is 81.9 cm³/mol. The molecule has 1 atom stereocenters. The molecule has 3 heteroatoms. The van der Waals surface area contributed by atoms with Gasteiger partial charge in [-0.25, -0.2) is 0 Å². The van der Waals surface area contributed by atoms with Gasteiger partial charge in [0.1, 0.15) is 11.9 Å². The number of nitrogens with zero attached hydrogens (tertiary/aromatic N) is 2. The topological polar surface area (TPSA) is 36.3 Å². The summed E-state index contributed by atoms with van der Waals surface area (Å²) in [5.41, 5.74) is 2.96. The van der Waals surface area contributed by atoms with E-state index >= 15 is 0 Å². The molecule has 1 aliphatic heterocycles. The van der Waals surface area contributed by atoms with Crippen molar-refractivity contribution in [3.8, 4) is 11.8 Å². The SMILES string of the molecule is CCN1Cc2ccccc2OC(c2cccc(C#N)c2)C1. The summed E-state index contributed by atoms with van der Waals surface area (Å²) >= 11 is 0. The smallest absolute Gasteiger partial charge is 0.136 e. The first kappa shape index (κ1) is 13.7. The van der Waals surface area contributed by atoms with Gasteiger partial charge in [-0.2, -0.15) is 5.26 Å². The van der Waals surface area contributed by atoms with E-state index in [0.29, 0.717) is 5.56 Å². The van der Waals surface area contributed by atoms with Crippen LogP contribution in [-0.2, 0) is 6.54 Å². The highest BCUT2D eigenvalue weighted by Crippen LogP contribution is 2.31. The molecule has 21 heavy (non-hydrogen) atoms. The number of para-hydroxylation sites is 1. The van der Waals surface area contributed by atoms with Crippen LogP contribution < -0.4 is 4.74 Å². The fraction of sp³-hybridized carbons (Fsp3) is 0.278. The molecule has 0 saturated carbocycles. The van der Waals surface area contributed by atoms with Gasteiger partial charge in [-0.05, 0) is 30.3 Å². The summed E-state index contributed by atoms with van der Waals surface area (Å²) in [7, 11) is 0. The molecule has 3 nitrogen and oxygen atoms in total. The Kier molecular flexibility index (Phi) is 3.89. The summed E-state index contributed by atoms with van der Waals surface area (Å²) in [5, 5.41) is 9.07. The number of hydrogen-bond donors (Lipinski definition) is 0. The minimum atomic E-state index is -0.0399. The maximum absolute atomic E-state index is 9.07. The standard InChI is InChI=1S/C18H18N2O/c1-2-20-12-16-7-3-4-9-17(16)21-18(13-20)15-8-5-6-14(10-15)11-19/h3-10,18H,2,12-13H2,1H3. The lowest BCUT2D eigenvalue weighted by molar-refractivity contribution is 0.152. The van der Waals surface area contributed by atoms with Crippen LogP contribution in [0.2, 0.25) is 0 Å². The predicted octanol–water partition coefficient (Wildman–Crippen LogP) is 3.51. The Hall–Kier alpha value is -2.31. The molecule has 0 bridgehead atoms. The van der Waals surface area contributed by atoms with Crippen LogP contribution in [0.5, 0.6) is 5.75 Å². The van der Waals surface area contributed by atoms with Crippen molar-refractivity contribution in [2.75, 3.05) is 13.1 Å². The van der Waals surface area contributed by atoms with E-state index in [0.717, 1.165) is 30.9 Å². The maximum atomic E-state index is 9.07. The van der Waals surface area contributed by atoms with Crippen LogP contribution in [0.4, 0.5) is 0 Å². The lowest BCUT2D eigenvalue weighted by atomic mass is 10.1. The van der Waals surface area contributed by atoms with E-state index in [4.69, 9.17) is 10.00 Å². The summed E-state index contributed by atoms with van der Waals surface area (Å²) in [5.74, 6) is 0.945. The Bertz CT molecular complexity index is 675. The van der Waals surface area contributed by atoms with Crippen molar-refractivity contribution in [3.63, 3.8) is 0 Å².